The number of aromatic nitrogens is 3. The number of rotatable bonds is 7. The van der Waals surface area contributed by atoms with Crippen molar-refractivity contribution >= 4 is 27.7 Å². The lowest BCUT2D eigenvalue weighted by Gasteiger charge is -2.46. The second-order valence-corrected chi connectivity index (χ2v) is 14.5. The van der Waals surface area contributed by atoms with Crippen LogP contribution in [0.25, 0.3) is 0 Å². The van der Waals surface area contributed by atoms with Crippen molar-refractivity contribution in [2.75, 3.05) is 13.2 Å². The van der Waals surface area contributed by atoms with Crippen molar-refractivity contribution in [2.45, 2.75) is 111 Å². The van der Waals surface area contributed by atoms with E-state index in [0.29, 0.717) is 30.4 Å². The van der Waals surface area contributed by atoms with Crippen molar-refractivity contribution in [3.63, 3.8) is 0 Å². The predicted molar refractivity (Wildman–Crippen MR) is 140 cm³/mol. The van der Waals surface area contributed by atoms with E-state index >= 15 is 4.39 Å². The lowest BCUT2D eigenvalue weighted by Crippen LogP contribution is -2.55. The molecule has 4 fully saturated rings. The fourth-order valence-corrected chi connectivity index (χ4v) is 9.25. The lowest BCUT2D eigenvalue weighted by atomic mass is 9.67. The molecule has 1 saturated heterocycles. The third-order valence-corrected chi connectivity index (χ3v) is 11.5. The lowest BCUT2D eigenvalue weighted by molar-refractivity contribution is -0.211. The van der Waals surface area contributed by atoms with E-state index in [1.165, 1.54) is 44.8 Å². The Morgan fingerprint density at radius 1 is 1.06 bits per heavy atom. The Kier molecular flexibility index (Phi) is 8.98. The number of alkyl halides is 3. The number of fused-ring (bicyclic) bond motifs is 1. The van der Waals surface area contributed by atoms with Gasteiger partial charge in [-0.25, -0.2) is 13.8 Å². The number of thioether (sulfide) groups is 1. The van der Waals surface area contributed by atoms with Gasteiger partial charge < -0.3 is 14.6 Å². The van der Waals surface area contributed by atoms with Crippen LogP contribution in [0.4, 0.5) is 8.78 Å². The number of hydrogen-bond acceptors (Lipinski definition) is 6. The number of ether oxygens (including phenoxy) is 2. The van der Waals surface area contributed by atoms with E-state index in [9.17, 15) is 9.50 Å². The maximum Gasteiger partial charge on any atom is 0.160 e. The Morgan fingerprint density at radius 3 is 2.50 bits per heavy atom. The highest BCUT2D eigenvalue weighted by Gasteiger charge is 2.50. The van der Waals surface area contributed by atoms with Gasteiger partial charge in [-0.1, -0.05) is 22.9 Å². The Labute approximate surface area is 225 Å². The minimum Gasteiger partial charge on any atom is -0.386 e. The van der Waals surface area contributed by atoms with E-state index in [4.69, 9.17) is 9.47 Å². The van der Waals surface area contributed by atoms with Gasteiger partial charge in [0, 0.05) is 28.3 Å². The average Bonchev–Trinajstić information content (AvgIpc) is 3.37. The van der Waals surface area contributed by atoms with Crippen molar-refractivity contribution in [1.82, 2.24) is 14.8 Å². The monoisotopic (exact) mass is 591 g/mol. The maximum absolute atomic E-state index is 15.1. The summed E-state index contributed by atoms with van der Waals surface area (Å²) in [6, 6.07) is 0. The summed E-state index contributed by atoms with van der Waals surface area (Å²) in [6.07, 6.45) is 8.17. The normalized spacial score (nSPS) is 42.3. The molecule has 1 aromatic heterocycles. The molecular formula is C26H40BrF2N3O3S. The van der Waals surface area contributed by atoms with Crippen LogP contribution in [0.1, 0.15) is 64.7 Å². The van der Waals surface area contributed by atoms with Gasteiger partial charge in [0.15, 0.2) is 6.29 Å². The summed E-state index contributed by atoms with van der Waals surface area (Å²) < 4.78 is 42.9. The number of nitrogens with zero attached hydrogens (tertiary/aromatic N) is 3. The molecule has 3 saturated carbocycles. The SMILES string of the molecule is C[C@@H](SC1COC(C2CCC3CC(Br)CCC3C2)OC1)[C@](O)(Cn1cncn1)C1CCC(F)CC1F. The molecule has 9 atom stereocenters. The van der Waals surface area contributed by atoms with Crippen LogP contribution in [-0.2, 0) is 16.0 Å². The molecule has 1 aliphatic heterocycles. The first-order chi connectivity index (χ1) is 17.3. The van der Waals surface area contributed by atoms with Gasteiger partial charge in [-0.05, 0) is 63.2 Å². The van der Waals surface area contributed by atoms with Crippen molar-refractivity contribution in [3.8, 4) is 0 Å². The fourth-order valence-electron chi connectivity index (χ4n) is 7.13. The molecule has 4 aliphatic rings. The Balaban J connectivity index is 1.17. The van der Waals surface area contributed by atoms with Crippen molar-refractivity contribution < 1.29 is 23.4 Å². The molecule has 2 heterocycles. The van der Waals surface area contributed by atoms with Crippen LogP contribution < -0.4 is 0 Å². The third-order valence-electron chi connectivity index (χ3n) is 9.20. The summed E-state index contributed by atoms with van der Waals surface area (Å²) in [4.78, 5) is 4.66. The van der Waals surface area contributed by atoms with Gasteiger partial charge in [-0.3, -0.25) is 4.68 Å². The third kappa shape index (κ3) is 6.13. The zero-order valence-corrected chi connectivity index (χ0v) is 23.5. The van der Waals surface area contributed by atoms with Gasteiger partial charge in [-0.2, -0.15) is 5.10 Å². The highest BCUT2D eigenvalue weighted by atomic mass is 79.9. The van der Waals surface area contributed by atoms with E-state index in [2.05, 4.69) is 26.0 Å². The molecule has 7 unspecified atom stereocenters. The van der Waals surface area contributed by atoms with Crippen LogP contribution in [0.3, 0.4) is 0 Å². The number of halogens is 3. The summed E-state index contributed by atoms with van der Waals surface area (Å²) in [5, 5.41) is 15.8. The molecule has 1 aromatic rings. The largest absolute Gasteiger partial charge is 0.386 e. The average molecular weight is 593 g/mol. The molecule has 0 radical (unpaired) electrons. The zero-order chi connectivity index (χ0) is 25.3. The number of hydrogen-bond donors (Lipinski definition) is 1. The second-order valence-electron chi connectivity index (χ2n) is 11.6. The van der Waals surface area contributed by atoms with Crippen molar-refractivity contribution in [2.24, 2.45) is 23.7 Å². The molecule has 0 aromatic carbocycles. The predicted octanol–water partition coefficient (Wildman–Crippen LogP) is 5.33. The molecular weight excluding hydrogens is 552 g/mol. The van der Waals surface area contributed by atoms with Gasteiger partial charge in [0.1, 0.15) is 30.6 Å². The summed E-state index contributed by atoms with van der Waals surface area (Å²) in [6.45, 7) is 3.18. The van der Waals surface area contributed by atoms with E-state index in [-0.39, 0.29) is 36.2 Å². The second kappa shape index (κ2) is 11.8. The summed E-state index contributed by atoms with van der Waals surface area (Å²) >= 11 is 5.40. The Morgan fingerprint density at radius 2 is 1.78 bits per heavy atom. The molecule has 0 amide bonds. The molecule has 6 nitrogen and oxygen atoms in total. The first kappa shape index (κ1) is 27.3. The number of aliphatic hydroxyl groups is 1. The van der Waals surface area contributed by atoms with E-state index < -0.39 is 23.9 Å². The standard InChI is InChI=1S/C26H40BrF2N3O3S/c1-16(26(33,13-32-15-30-14-31-32)23-7-6-21(28)10-24(23)29)36-22-11-34-25(35-12-22)19-3-2-18-9-20(27)5-4-17(18)8-19/h14-25,33H,2-13H2,1H3/t16-,17?,18?,19?,20?,21?,22?,23?,24?,25?,26-/m1/s1. The van der Waals surface area contributed by atoms with E-state index in [1.807, 2.05) is 6.92 Å². The minimum atomic E-state index is -1.39. The van der Waals surface area contributed by atoms with Crippen LogP contribution in [-0.4, -0.2) is 72.6 Å². The smallest absolute Gasteiger partial charge is 0.160 e. The minimum absolute atomic E-state index is 0.0503. The fraction of sp³-hybridized carbons (Fsp3) is 0.923. The van der Waals surface area contributed by atoms with Gasteiger partial charge in [-0.15, -0.1) is 11.8 Å². The molecule has 3 aliphatic carbocycles. The van der Waals surface area contributed by atoms with Crippen molar-refractivity contribution in [3.05, 3.63) is 12.7 Å². The van der Waals surface area contributed by atoms with Gasteiger partial charge in [0.05, 0.1) is 25.0 Å². The van der Waals surface area contributed by atoms with E-state index in [0.717, 1.165) is 18.3 Å². The topological polar surface area (TPSA) is 69.4 Å². The molecule has 1 N–H and O–H groups in total. The van der Waals surface area contributed by atoms with Crippen molar-refractivity contribution in [1.29, 1.82) is 0 Å². The molecule has 10 heteroatoms. The Bertz CT molecular complexity index is 833. The summed E-state index contributed by atoms with van der Waals surface area (Å²) in [5.74, 6) is 1.42. The van der Waals surface area contributed by atoms with Gasteiger partial charge in [0.2, 0.25) is 0 Å². The van der Waals surface area contributed by atoms with Crippen LogP contribution in [0.2, 0.25) is 0 Å². The van der Waals surface area contributed by atoms with Crippen LogP contribution >= 0.6 is 27.7 Å². The quantitative estimate of drug-likeness (QED) is 0.432. The highest BCUT2D eigenvalue weighted by molar-refractivity contribution is 9.09. The molecule has 36 heavy (non-hydrogen) atoms. The molecule has 0 bridgehead atoms. The first-order valence-corrected chi connectivity index (χ1v) is 15.5. The van der Waals surface area contributed by atoms with Gasteiger partial charge >= 0.3 is 0 Å². The van der Waals surface area contributed by atoms with Crippen LogP contribution in [0.15, 0.2) is 12.7 Å². The van der Waals surface area contributed by atoms with Crippen LogP contribution in [0, 0.1) is 23.7 Å². The Hall–Kier alpha value is -0.290. The first-order valence-electron chi connectivity index (χ1n) is 13.7. The zero-order valence-electron chi connectivity index (χ0n) is 21.1. The van der Waals surface area contributed by atoms with Gasteiger partial charge in [0.25, 0.3) is 0 Å². The summed E-state index contributed by atoms with van der Waals surface area (Å²) in [7, 11) is 0. The highest BCUT2D eigenvalue weighted by Crippen LogP contribution is 2.47. The molecule has 0 spiro atoms. The van der Waals surface area contributed by atoms with Crippen LogP contribution in [0.5, 0.6) is 0 Å². The summed E-state index contributed by atoms with van der Waals surface area (Å²) in [5.41, 5.74) is -1.39. The molecule has 5 rings (SSSR count). The maximum atomic E-state index is 15.1. The molecule has 204 valence electrons. The van der Waals surface area contributed by atoms with E-state index in [1.54, 1.807) is 16.4 Å².